The zero-order valence-electron chi connectivity index (χ0n) is 13.4. The Hall–Kier alpha value is -3.29. The van der Waals surface area contributed by atoms with Crippen LogP contribution in [0.3, 0.4) is 0 Å². The van der Waals surface area contributed by atoms with Crippen LogP contribution in [-0.2, 0) is 0 Å². The molecule has 0 aliphatic carbocycles. The van der Waals surface area contributed by atoms with Crippen LogP contribution in [0.4, 0.5) is 5.69 Å². The number of nitrogens with one attached hydrogen (secondary N) is 2. The maximum absolute atomic E-state index is 12.1. The second kappa shape index (κ2) is 6.86. The fraction of sp³-hybridized carbons (Fsp3) is 0.188. The third kappa shape index (κ3) is 3.54. The lowest BCUT2D eigenvalue weighted by atomic mass is 10.1. The molecule has 2 N–H and O–H groups in total. The number of hydrogen-bond acceptors (Lipinski definition) is 5. The summed E-state index contributed by atoms with van der Waals surface area (Å²) in [6.07, 6.45) is 1.31. The highest BCUT2D eigenvalue weighted by molar-refractivity contribution is 6.02. The van der Waals surface area contributed by atoms with Gasteiger partial charge in [0.05, 0.1) is 11.1 Å². The van der Waals surface area contributed by atoms with E-state index in [1.165, 1.54) is 31.3 Å². The van der Waals surface area contributed by atoms with Crippen molar-refractivity contribution in [2.24, 2.45) is 5.10 Å². The molecular formula is C16H16N4O4. The molecule has 0 radical (unpaired) electrons. The first-order chi connectivity index (χ1) is 11.3. The standard InChI is InChI=1S/C16H16N4O4/c1-9-14(11(3)21)10(2)18-15(9)16(22)19-17-8-12-5-4-6-13(7-12)20(23)24/h4-8,18H,1-3H3,(H,19,22)/b17-8+. The van der Waals surface area contributed by atoms with Crippen LogP contribution in [0.1, 0.15) is 44.6 Å². The van der Waals surface area contributed by atoms with Gasteiger partial charge >= 0.3 is 0 Å². The molecular weight excluding hydrogens is 312 g/mol. The molecule has 0 spiro atoms. The van der Waals surface area contributed by atoms with E-state index in [1.54, 1.807) is 19.9 Å². The number of carbonyl (C=O) groups excluding carboxylic acids is 2. The molecule has 124 valence electrons. The predicted octanol–water partition coefficient (Wildman–Crippen LogP) is 2.51. The molecule has 2 aromatic rings. The molecule has 24 heavy (non-hydrogen) atoms. The second-order valence-corrected chi connectivity index (χ2v) is 5.23. The smallest absolute Gasteiger partial charge is 0.288 e. The van der Waals surface area contributed by atoms with Crippen LogP contribution >= 0.6 is 0 Å². The zero-order valence-corrected chi connectivity index (χ0v) is 13.4. The van der Waals surface area contributed by atoms with Crippen molar-refractivity contribution in [3.63, 3.8) is 0 Å². The molecule has 8 heteroatoms. The number of hydrogen-bond donors (Lipinski definition) is 2. The van der Waals surface area contributed by atoms with Crippen molar-refractivity contribution in [2.45, 2.75) is 20.8 Å². The molecule has 1 amide bonds. The van der Waals surface area contributed by atoms with E-state index < -0.39 is 10.8 Å². The number of nitro benzene ring substituents is 1. The molecule has 8 nitrogen and oxygen atoms in total. The fourth-order valence-electron chi connectivity index (χ4n) is 2.45. The van der Waals surface area contributed by atoms with Crippen molar-refractivity contribution < 1.29 is 14.5 Å². The molecule has 0 aliphatic rings. The van der Waals surface area contributed by atoms with Gasteiger partial charge < -0.3 is 4.98 Å². The summed E-state index contributed by atoms with van der Waals surface area (Å²) in [5.74, 6) is -0.620. The summed E-state index contributed by atoms with van der Waals surface area (Å²) in [6.45, 7) is 4.83. The van der Waals surface area contributed by atoms with Gasteiger partial charge in [-0.15, -0.1) is 0 Å². The lowest BCUT2D eigenvalue weighted by Gasteiger charge is -1.99. The summed E-state index contributed by atoms with van der Waals surface area (Å²) in [6, 6.07) is 5.86. The van der Waals surface area contributed by atoms with E-state index in [-0.39, 0.29) is 17.2 Å². The summed E-state index contributed by atoms with van der Waals surface area (Å²) in [4.78, 5) is 36.8. The number of aromatic amines is 1. The Balaban J connectivity index is 2.14. The molecule has 0 fully saturated rings. The SMILES string of the molecule is CC(=O)c1c(C)[nH]c(C(=O)N/N=C/c2cccc([N+](=O)[O-])c2)c1C. The minimum absolute atomic E-state index is 0.0628. The first-order valence-corrected chi connectivity index (χ1v) is 7.09. The first kappa shape index (κ1) is 17.1. The molecule has 1 heterocycles. The molecule has 0 saturated heterocycles. The predicted molar refractivity (Wildman–Crippen MR) is 88.4 cm³/mol. The Morgan fingerprint density at radius 1 is 1.33 bits per heavy atom. The van der Waals surface area contributed by atoms with Crippen LogP contribution in [0, 0.1) is 24.0 Å². The number of H-pyrrole nitrogens is 1. The Morgan fingerprint density at radius 3 is 2.62 bits per heavy atom. The highest BCUT2D eigenvalue weighted by Crippen LogP contribution is 2.18. The highest BCUT2D eigenvalue weighted by Gasteiger charge is 2.19. The Kier molecular flexibility index (Phi) is 4.88. The van der Waals surface area contributed by atoms with Crippen molar-refractivity contribution in [1.29, 1.82) is 0 Å². The maximum Gasteiger partial charge on any atom is 0.288 e. The summed E-state index contributed by atoms with van der Waals surface area (Å²) in [5, 5.41) is 14.5. The number of aryl methyl sites for hydroxylation is 1. The number of aromatic nitrogens is 1. The van der Waals surface area contributed by atoms with Crippen LogP contribution in [0.2, 0.25) is 0 Å². The molecule has 0 unspecified atom stereocenters. The average Bonchev–Trinajstić information content (AvgIpc) is 2.82. The van der Waals surface area contributed by atoms with E-state index in [0.29, 0.717) is 22.4 Å². The molecule has 0 aliphatic heterocycles. The molecule has 1 aromatic heterocycles. The van der Waals surface area contributed by atoms with E-state index in [1.807, 2.05) is 0 Å². The largest absolute Gasteiger partial charge is 0.354 e. The van der Waals surface area contributed by atoms with Crippen molar-refractivity contribution in [3.05, 3.63) is 62.5 Å². The number of rotatable bonds is 5. The maximum atomic E-state index is 12.1. The van der Waals surface area contributed by atoms with E-state index in [0.717, 1.165) is 0 Å². The van der Waals surface area contributed by atoms with E-state index in [9.17, 15) is 19.7 Å². The van der Waals surface area contributed by atoms with Gasteiger partial charge in [0, 0.05) is 29.0 Å². The van der Waals surface area contributed by atoms with Crippen molar-refractivity contribution in [1.82, 2.24) is 10.4 Å². The number of hydrazone groups is 1. The lowest BCUT2D eigenvalue weighted by molar-refractivity contribution is -0.384. The van der Waals surface area contributed by atoms with Crippen molar-refractivity contribution in [2.75, 3.05) is 0 Å². The number of benzene rings is 1. The Bertz CT molecular complexity index is 852. The summed E-state index contributed by atoms with van der Waals surface area (Å²) >= 11 is 0. The third-order valence-corrected chi connectivity index (χ3v) is 3.48. The topological polar surface area (TPSA) is 117 Å². The minimum atomic E-state index is -0.510. The second-order valence-electron chi connectivity index (χ2n) is 5.23. The number of amides is 1. The molecule has 1 aromatic carbocycles. The summed E-state index contributed by atoms with van der Waals surface area (Å²) in [7, 11) is 0. The number of carbonyl (C=O) groups is 2. The van der Waals surface area contributed by atoms with Gasteiger partial charge in [0.25, 0.3) is 11.6 Å². The van der Waals surface area contributed by atoms with Crippen LogP contribution in [-0.4, -0.2) is 27.8 Å². The molecule has 0 bridgehead atoms. The van der Waals surface area contributed by atoms with Crippen LogP contribution < -0.4 is 5.43 Å². The van der Waals surface area contributed by atoms with Gasteiger partial charge in [-0.25, -0.2) is 5.43 Å². The number of nitrogens with zero attached hydrogens (tertiary/aromatic N) is 2. The normalized spacial score (nSPS) is 10.8. The first-order valence-electron chi connectivity index (χ1n) is 7.09. The van der Waals surface area contributed by atoms with Gasteiger partial charge in [0.1, 0.15) is 5.69 Å². The van der Waals surface area contributed by atoms with E-state index in [4.69, 9.17) is 0 Å². The highest BCUT2D eigenvalue weighted by atomic mass is 16.6. The number of non-ortho nitro benzene ring substituents is 1. The zero-order chi connectivity index (χ0) is 17.9. The van der Waals surface area contributed by atoms with Crippen LogP contribution in [0.25, 0.3) is 0 Å². The Labute approximate surface area is 137 Å². The van der Waals surface area contributed by atoms with E-state index >= 15 is 0 Å². The minimum Gasteiger partial charge on any atom is -0.354 e. The van der Waals surface area contributed by atoms with Gasteiger partial charge in [-0.2, -0.15) is 5.10 Å². The van der Waals surface area contributed by atoms with Crippen molar-refractivity contribution in [3.8, 4) is 0 Å². The monoisotopic (exact) mass is 328 g/mol. The van der Waals surface area contributed by atoms with Crippen LogP contribution in [0.5, 0.6) is 0 Å². The van der Waals surface area contributed by atoms with Gasteiger partial charge in [-0.05, 0) is 26.3 Å². The number of Topliss-reactive ketones (excluding diaryl/α,β-unsaturated/α-hetero) is 1. The number of nitro groups is 1. The number of ketones is 1. The molecule has 0 atom stereocenters. The fourth-order valence-corrected chi connectivity index (χ4v) is 2.45. The molecule has 0 saturated carbocycles. The summed E-state index contributed by atoms with van der Waals surface area (Å²) < 4.78 is 0. The molecule has 2 rings (SSSR count). The Morgan fingerprint density at radius 2 is 2.04 bits per heavy atom. The summed E-state index contributed by atoms with van der Waals surface area (Å²) in [5.41, 5.74) is 4.68. The van der Waals surface area contributed by atoms with Gasteiger partial charge in [-0.1, -0.05) is 12.1 Å². The van der Waals surface area contributed by atoms with Gasteiger partial charge in [-0.3, -0.25) is 19.7 Å². The average molecular weight is 328 g/mol. The third-order valence-electron chi connectivity index (χ3n) is 3.48. The lowest BCUT2D eigenvalue weighted by Crippen LogP contribution is -2.19. The van der Waals surface area contributed by atoms with E-state index in [2.05, 4.69) is 15.5 Å². The van der Waals surface area contributed by atoms with Gasteiger partial charge in [0.2, 0.25) is 0 Å². The quantitative estimate of drug-likeness (QED) is 0.379. The van der Waals surface area contributed by atoms with Gasteiger partial charge in [0.15, 0.2) is 5.78 Å². The van der Waals surface area contributed by atoms with Crippen molar-refractivity contribution >= 4 is 23.6 Å². The van der Waals surface area contributed by atoms with Crippen LogP contribution in [0.15, 0.2) is 29.4 Å².